The first-order valence-corrected chi connectivity index (χ1v) is 11.0. The Balaban J connectivity index is 1.31. The number of amides is 3. The number of hydrogen-bond acceptors (Lipinski definition) is 7. The van der Waals surface area contributed by atoms with Crippen LogP contribution < -0.4 is 10.1 Å². The normalized spacial score (nSPS) is 13.4. The first kappa shape index (κ1) is 23.2. The van der Waals surface area contributed by atoms with Crippen molar-refractivity contribution in [2.24, 2.45) is 0 Å². The molecule has 0 saturated carbocycles. The molecule has 10 heteroatoms. The molecule has 3 aromatic rings. The van der Waals surface area contributed by atoms with Crippen LogP contribution in [-0.2, 0) is 11.2 Å². The van der Waals surface area contributed by atoms with E-state index in [4.69, 9.17) is 14.0 Å². The largest absolute Gasteiger partial charge is 0.495 e. The number of rotatable bonds is 7. The summed E-state index contributed by atoms with van der Waals surface area (Å²) in [5.41, 5.74) is 1.92. The summed E-state index contributed by atoms with van der Waals surface area (Å²) in [6.07, 6.45) is 0.424. The van der Waals surface area contributed by atoms with E-state index in [1.165, 1.54) is 4.90 Å². The van der Waals surface area contributed by atoms with Crippen molar-refractivity contribution in [2.75, 3.05) is 52.3 Å². The van der Waals surface area contributed by atoms with E-state index in [-0.39, 0.29) is 11.9 Å². The molecule has 2 heterocycles. The minimum atomic E-state index is -0.270. The number of carbonyl (C=O) groups is 2. The van der Waals surface area contributed by atoms with E-state index in [9.17, 15) is 9.59 Å². The molecule has 0 bridgehead atoms. The number of ether oxygens (including phenoxy) is 2. The van der Waals surface area contributed by atoms with Gasteiger partial charge in [0.1, 0.15) is 5.75 Å². The molecule has 3 amide bonds. The van der Waals surface area contributed by atoms with Gasteiger partial charge in [-0.05, 0) is 36.4 Å². The van der Waals surface area contributed by atoms with Crippen LogP contribution in [0.25, 0.3) is 11.5 Å². The zero-order valence-electron chi connectivity index (χ0n) is 19.2. The number of carbonyl (C=O) groups excluding carboxylic acids is 2. The first-order valence-electron chi connectivity index (χ1n) is 11.0. The van der Waals surface area contributed by atoms with Gasteiger partial charge in [-0.3, -0.25) is 4.79 Å². The molecule has 1 N–H and O–H groups in total. The smallest absolute Gasteiger partial charge is 0.321 e. The van der Waals surface area contributed by atoms with E-state index in [1.807, 2.05) is 12.1 Å². The molecule has 34 heavy (non-hydrogen) atoms. The zero-order chi connectivity index (χ0) is 23.9. The van der Waals surface area contributed by atoms with E-state index in [0.29, 0.717) is 68.0 Å². The molecule has 0 spiro atoms. The molecule has 0 atom stereocenters. The van der Waals surface area contributed by atoms with E-state index >= 15 is 0 Å². The summed E-state index contributed by atoms with van der Waals surface area (Å²) in [6, 6.07) is 14.0. The third-order valence-corrected chi connectivity index (χ3v) is 5.51. The van der Waals surface area contributed by atoms with E-state index in [0.717, 1.165) is 5.56 Å². The summed E-state index contributed by atoms with van der Waals surface area (Å²) >= 11 is 0. The van der Waals surface area contributed by atoms with Crippen molar-refractivity contribution in [2.45, 2.75) is 6.42 Å². The molecule has 1 fully saturated rings. The van der Waals surface area contributed by atoms with Gasteiger partial charge in [0.15, 0.2) is 5.82 Å². The highest BCUT2D eigenvalue weighted by molar-refractivity contribution is 5.94. The van der Waals surface area contributed by atoms with Crippen molar-refractivity contribution >= 4 is 17.6 Å². The fourth-order valence-corrected chi connectivity index (χ4v) is 3.50. The van der Waals surface area contributed by atoms with Crippen molar-refractivity contribution in [1.29, 1.82) is 0 Å². The summed E-state index contributed by atoms with van der Waals surface area (Å²) in [4.78, 5) is 32.8. The van der Waals surface area contributed by atoms with Crippen LogP contribution in [-0.4, -0.2) is 78.9 Å². The third kappa shape index (κ3) is 5.52. The first-order chi connectivity index (χ1) is 16.5. The molecular weight excluding hydrogens is 438 g/mol. The third-order valence-electron chi connectivity index (χ3n) is 5.51. The highest BCUT2D eigenvalue weighted by Crippen LogP contribution is 2.23. The molecule has 4 rings (SSSR count). The fraction of sp³-hybridized carbons (Fsp3) is 0.333. The van der Waals surface area contributed by atoms with E-state index in [1.54, 1.807) is 55.5 Å². The van der Waals surface area contributed by atoms with Crippen LogP contribution in [0.3, 0.4) is 0 Å². The molecule has 178 valence electrons. The molecule has 1 aliphatic heterocycles. The fourth-order valence-electron chi connectivity index (χ4n) is 3.50. The topological polar surface area (TPSA) is 110 Å². The molecule has 0 unspecified atom stereocenters. The Bertz CT molecular complexity index is 1120. The lowest BCUT2D eigenvalue weighted by atomic mass is 10.1. The summed E-state index contributed by atoms with van der Waals surface area (Å²) in [7, 11) is 3.24. The minimum Gasteiger partial charge on any atom is -0.495 e. The van der Waals surface area contributed by atoms with Gasteiger partial charge >= 0.3 is 6.03 Å². The lowest BCUT2D eigenvalue weighted by Crippen LogP contribution is -2.40. The minimum absolute atomic E-state index is 0.0181. The van der Waals surface area contributed by atoms with Gasteiger partial charge in [-0.15, -0.1) is 0 Å². The number of para-hydroxylation sites is 2. The van der Waals surface area contributed by atoms with E-state index < -0.39 is 0 Å². The Morgan fingerprint density at radius 1 is 1.12 bits per heavy atom. The molecule has 0 radical (unpaired) electrons. The highest BCUT2D eigenvalue weighted by atomic mass is 16.5. The van der Waals surface area contributed by atoms with Gasteiger partial charge in [0.2, 0.25) is 0 Å². The number of aromatic nitrogens is 2. The van der Waals surface area contributed by atoms with Crippen molar-refractivity contribution < 1.29 is 23.6 Å². The lowest BCUT2D eigenvalue weighted by molar-refractivity contribution is 0.0303. The maximum atomic E-state index is 12.6. The van der Waals surface area contributed by atoms with Gasteiger partial charge in [-0.25, -0.2) is 4.79 Å². The van der Waals surface area contributed by atoms with Gasteiger partial charge < -0.3 is 29.1 Å². The average Bonchev–Trinajstić information content (AvgIpc) is 3.37. The number of nitrogens with one attached hydrogen (secondary N) is 1. The summed E-state index contributed by atoms with van der Waals surface area (Å²) in [5, 5.41) is 6.84. The number of nitrogens with zero attached hydrogens (tertiary/aromatic N) is 4. The second-order valence-corrected chi connectivity index (χ2v) is 7.80. The summed E-state index contributed by atoms with van der Waals surface area (Å²) in [6.45, 7) is 2.71. The van der Waals surface area contributed by atoms with Crippen molar-refractivity contribution in [3.63, 3.8) is 0 Å². The van der Waals surface area contributed by atoms with Crippen LogP contribution in [0.5, 0.6) is 5.75 Å². The Morgan fingerprint density at radius 2 is 1.85 bits per heavy atom. The Labute approximate surface area is 197 Å². The van der Waals surface area contributed by atoms with Crippen LogP contribution in [0.1, 0.15) is 16.2 Å². The second-order valence-electron chi connectivity index (χ2n) is 7.80. The second kappa shape index (κ2) is 10.8. The predicted molar refractivity (Wildman–Crippen MR) is 125 cm³/mol. The summed E-state index contributed by atoms with van der Waals surface area (Å²) in [5.74, 6) is 1.42. The monoisotopic (exact) mass is 465 g/mol. The number of methoxy groups -OCH3 is 1. The predicted octanol–water partition coefficient (Wildman–Crippen LogP) is 2.92. The average molecular weight is 466 g/mol. The van der Waals surface area contributed by atoms with Crippen LogP contribution >= 0.6 is 0 Å². The molecule has 10 nitrogen and oxygen atoms in total. The number of benzene rings is 2. The van der Waals surface area contributed by atoms with Crippen molar-refractivity contribution in [3.8, 4) is 17.2 Å². The van der Waals surface area contributed by atoms with E-state index in [2.05, 4.69) is 15.5 Å². The maximum absolute atomic E-state index is 12.6. The van der Waals surface area contributed by atoms with Gasteiger partial charge in [-0.1, -0.05) is 17.3 Å². The SMILES string of the molecule is COc1ccccc1NC(=O)N(C)CCc1noc(-c2ccc(C(=O)N3CCOCC3)cc2)n1. The van der Waals surface area contributed by atoms with Crippen LogP contribution in [0, 0.1) is 0 Å². The Hall–Kier alpha value is -3.92. The summed E-state index contributed by atoms with van der Waals surface area (Å²) < 4.78 is 15.9. The van der Waals surface area contributed by atoms with Gasteiger partial charge in [0.25, 0.3) is 11.8 Å². The zero-order valence-corrected chi connectivity index (χ0v) is 19.2. The van der Waals surface area contributed by atoms with Crippen LogP contribution in [0.4, 0.5) is 10.5 Å². The molecule has 0 aliphatic carbocycles. The quantitative estimate of drug-likeness (QED) is 0.571. The van der Waals surface area contributed by atoms with Gasteiger partial charge in [-0.2, -0.15) is 4.98 Å². The molecule has 1 saturated heterocycles. The van der Waals surface area contributed by atoms with Gasteiger partial charge in [0.05, 0.1) is 26.0 Å². The number of morpholine rings is 1. The molecule has 1 aromatic heterocycles. The van der Waals surface area contributed by atoms with Crippen LogP contribution in [0.15, 0.2) is 53.1 Å². The van der Waals surface area contributed by atoms with Crippen LogP contribution in [0.2, 0.25) is 0 Å². The van der Waals surface area contributed by atoms with Gasteiger partial charge in [0, 0.05) is 44.2 Å². The molecular formula is C24H27N5O5. The molecule has 1 aliphatic rings. The number of urea groups is 1. The Morgan fingerprint density at radius 3 is 2.59 bits per heavy atom. The number of likely N-dealkylation sites (N-methyl/N-ethyl adjacent to an activating group) is 1. The number of hydrogen-bond donors (Lipinski definition) is 1. The molecule has 2 aromatic carbocycles. The standard InChI is InChI=1S/C24H27N5O5/c1-28(24(31)25-19-5-3-4-6-20(19)32-2)12-11-21-26-22(34-27-21)17-7-9-18(10-8-17)23(30)29-13-15-33-16-14-29/h3-10H,11-16H2,1-2H3,(H,25,31). The lowest BCUT2D eigenvalue weighted by Gasteiger charge is -2.26. The van der Waals surface area contributed by atoms with Crippen molar-refractivity contribution in [1.82, 2.24) is 19.9 Å². The Kier molecular flexibility index (Phi) is 7.38. The highest BCUT2D eigenvalue weighted by Gasteiger charge is 2.19. The van der Waals surface area contributed by atoms with Crippen molar-refractivity contribution in [3.05, 3.63) is 59.9 Å². The maximum Gasteiger partial charge on any atom is 0.321 e. The number of anilines is 1.